The highest BCUT2D eigenvalue weighted by Gasteiger charge is 2.31. The van der Waals surface area contributed by atoms with Crippen LogP contribution in [0.3, 0.4) is 0 Å². The first-order valence-electron chi connectivity index (χ1n) is 4.02. The number of halogens is 1. The molecule has 0 aromatic carbocycles. The summed E-state index contributed by atoms with van der Waals surface area (Å²) in [5.41, 5.74) is 0. The third-order valence-corrected chi connectivity index (χ3v) is 2.25. The maximum absolute atomic E-state index is 12.3. The highest BCUT2D eigenvalue weighted by molar-refractivity contribution is 4.75. The molecule has 1 aliphatic rings. The van der Waals surface area contributed by atoms with Gasteiger partial charge in [-0.3, -0.25) is 0 Å². The Morgan fingerprint density at radius 3 is 2.36 bits per heavy atom. The van der Waals surface area contributed by atoms with Gasteiger partial charge in [0.05, 0.1) is 12.2 Å². The van der Waals surface area contributed by atoms with Gasteiger partial charge in [0.25, 0.3) is 0 Å². The molecule has 0 aliphatic carbocycles. The van der Waals surface area contributed by atoms with Gasteiger partial charge in [0.2, 0.25) is 0 Å². The molecule has 0 aromatic rings. The van der Waals surface area contributed by atoms with Gasteiger partial charge < -0.3 is 9.47 Å². The van der Waals surface area contributed by atoms with E-state index in [9.17, 15) is 4.39 Å². The van der Waals surface area contributed by atoms with Gasteiger partial charge in [-0.15, -0.1) is 0 Å². The Labute approximate surface area is 66.7 Å². The predicted molar refractivity (Wildman–Crippen MR) is 40.0 cm³/mol. The van der Waals surface area contributed by atoms with E-state index in [1.54, 1.807) is 6.92 Å². The van der Waals surface area contributed by atoms with E-state index in [-0.39, 0.29) is 24.4 Å². The number of alkyl halides is 1. The number of rotatable bonds is 1. The van der Waals surface area contributed by atoms with Gasteiger partial charge in [0.1, 0.15) is 6.67 Å². The summed E-state index contributed by atoms with van der Waals surface area (Å²) in [4.78, 5) is 0. The Bertz CT molecular complexity index is 129. The van der Waals surface area contributed by atoms with Crippen LogP contribution in [0.2, 0.25) is 0 Å². The fourth-order valence-electron chi connectivity index (χ4n) is 1.31. The fourth-order valence-corrected chi connectivity index (χ4v) is 1.31. The molecule has 1 fully saturated rings. The molecule has 66 valence electrons. The summed E-state index contributed by atoms with van der Waals surface area (Å²) < 4.78 is 22.9. The van der Waals surface area contributed by atoms with Gasteiger partial charge in [0.15, 0.2) is 6.29 Å². The molecule has 0 spiro atoms. The van der Waals surface area contributed by atoms with E-state index in [0.717, 1.165) is 0 Å². The van der Waals surface area contributed by atoms with Crippen LogP contribution in [0.15, 0.2) is 0 Å². The Hall–Kier alpha value is -0.150. The van der Waals surface area contributed by atoms with Gasteiger partial charge in [-0.25, -0.2) is 4.39 Å². The summed E-state index contributed by atoms with van der Waals surface area (Å²) in [7, 11) is 0. The van der Waals surface area contributed by atoms with Crippen molar-refractivity contribution in [3.8, 4) is 0 Å². The zero-order chi connectivity index (χ0) is 8.43. The van der Waals surface area contributed by atoms with E-state index in [4.69, 9.17) is 9.47 Å². The van der Waals surface area contributed by atoms with E-state index in [2.05, 4.69) is 0 Å². The van der Waals surface area contributed by atoms with Crippen molar-refractivity contribution in [2.75, 3.05) is 6.67 Å². The van der Waals surface area contributed by atoms with Gasteiger partial charge in [-0.2, -0.15) is 0 Å². The minimum absolute atomic E-state index is 0.0968. The lowest BCUT2D eigenvalue weighted by Crippen LogP contribution is -2.43. The molecule has 1 heterocycles. The molecule has 3 heteroatoms. The van der Waals surface area contributed by atoms with Crippen molar-refractivity contribution < 1.29 is 13.9 Å². The molecule has 1 rings (SSSR count). The van der Waals surface area contributed by atoms with E-state index >= 15 is 0 Å². The van der Waals surface area contributed by atoms with Crippen LogP contribution in [-0.2, 0) is 9.47 Å². The highest BCUT2D eigenvalue weighted by Crippen LogP contribution is 2.24. The molecule has 1 saturated heterocycles. The zero-order valence-electron chi connectivity index (χ0n) is 7.21. The largest absolute Gasteiger partial charge is 0.350 e. The molecule has 11 heavy (non-hydrogen) atoms. The third kappa shape index (κ3) is 1.91. The van der Waals surface area contributed by atoms with Crippen molar-refractivity contribution in [1.82, 2.24) is 0 Å². The number of hydrogen-bond acceptors (Lipinski definition) is 2. The second kappa shape index (κ2) is 3.50. The monoisotopic (exact) mass is 162 g/mol. The minimum atomic E-state index is -0.417. The molecule has 4 atom stereocenters. The smallest absolute Gasteiger partial charge is 0.155 e. The van der Waals surface area contributed by atoms with Crippen molar-refractivity contribution in [2.24, 2.45) is 5.92 Å². The summed E-state index contributed by atoms with van der Waals surface area (Å²) in [6, 6.07) is 0. The lowest BCUT2D eigenvalue weighted by molar-refractivity contribution is -0.255. The van der Waals surface area contributed by atoms with Gasteiger partial charge >= 0.3 is 0 Å². The maximum Gasteiger partial charge on any atom is 0.155 e. The van der Waals surface area contributed by atoms with E-state index in [0.29, 0.717) is 0 Å². The molecule has 0 bridgehead atoms. The highest BCUT2D eigenvalue weighted by atomic mass is 19.1. The van der Waals surface area contributed by atoms with Crippen LogP contribution >= 0.6 is 0 Å². The third-order valence-electron chi connectivity index (χ3n) is 2.25. The number of hydrogen-bond donors (Lipinski definition) is 0. The van der Waals surface area contributed by atoms with Crippen molar-refractivity contribution in [3.63, 3.8) is 0 Å². The Morgan fingerprint density at radius 1 is 1.18 bits per heavy atom. The van der Waals surface area contributed by atoms with E-state index in [1.807, 2.05) is 13.8 Å². The summed E-state index contributed by atoms with van der Waals surface area (Å²) in [6.07, 6.45) is -0.449. The first-order chi connectivity index (χ1) is 5.15. The normalized spacial score (nSPS) is 45.8. The predicted octanol–water partition coefficient (Wildman–Crippen LogP) is 1.74. The van der Waals surface area contributed by atoms with Crippen LogP contribution in [0, 0.1) is 5.92 Å². The molecule has 0 N–H and O–H groups in total. The lowest BCUT2D eigenvalue weighted by Gasteiger charge is -2.36. The Balaban J connectivity index is 2.51. The van der Waals surface area contributed by atoms with Crippen LogP contribution < -0.4 is 0 Å². The van der Waals surface area contributed by atoms with E-state index < -0.39 is 6.67 Å². The topological polar surface area (TPSA) is 18.5 Å². The van der Waals surface area contributed by atoms with Crippen LogP contribution in [0.1, 0.15) is 20.8 Å². The summed E-state index contributed by atoms with van der Waals surface area (Å²) in [5.74, 6) is 0.149. The summed E-state index contributed by atoms with van der Waals surface area (Å²) in [6.45, 7) is 5.28. The van der Waals surface area contributed by atoms with Gasteiger partial charge in [-0.05, 0) is 13.8 Å². The second-order valence-corrected chi connectivity index (χ2v) is 3.10. The molecule has 0 radical (unpaired) electrons. The van der Waals surface area contributed by atoms with Gasteiger partial charge in [0, 0.05) is 5.92 Å². The standard InChI is InChI=1S/C8H15FO2/c1-5-6(2)10-7(3)11-8(5)4-9/h5-8H,4H2,1-3H3. The maximum atomic E-state index is 12.3. The Kier molecular flexibility index (Phi) is 2.84. The average molecular weight is 162 g/mol. The molecule has 0 amide bonds. The van der Waals surface area contributed by atoms with Crippen LogP contribution in [0.25, 0.3) is 0 Å². The average Bonchev–Trinajstić information content (AvgIpc) is 1.96. The van der Waals surface area contributed by atoms with Crippen molar-refractivity contribution in [3.05, 3.63) is 0 Å². The lowest BCUT2D eigenvalue weighted by atomic mass is 9.99. The summed E-state index contributed by atoms with van der Waals surface area (Å²) in [5, 5.41) is 0. The molecule has 2 nitrogen and oxygen atoms in total. The SMILES string of the molecule is CC1OC(C)C(C)C(CF)O1. The first kappa shape index (κ1) is 8.94. The molecule has 1 aliphatic heterocycles. The van der Waals surface area contributed by atoms with Crippen LogP contribution in [-0.4, -0.2) is 25.2 Å². The fraction of sp³-hybridized carbons (Fsp3) is 1.00. The van der Waals surface area contributed by atoms with Gasteiger partial charge in [-0.1, -0.05) is 6.92 Å². The minimum Gasteiger partial charge on any atom is -0.350 e. The molecular formula is C8H15FO2. The summed E-state index contributed by atoms with van der Waals surface area (Å²) >= 11 is 0. The van der Waals surface area contributed by atoms with Crippen molar-refractivity contribution >= 4 is 0 Å². The molecule has 0 saturated carbocycles. The molecule has 4 unspecified atom stereocenters. The van der Waals surface area contributed by atoms with Crippen LogP contribution in [0.4, 0.5) is 4.39 Å². The number of ether oxygens (including phenoxy) is 2. The first-order valence-corrected chi connectivity index (χ1v) is 4.02. The second-order valence-electron chi connectivity index (χ2n) is 3.10. The van der Waals surface area contributed by atoms with Crippen LogP contribution in [0.5, 0.6) is 0 Å². The molecule has 0 aromatic heterocycles. The zero-order valence-corrected chi connectivity index (χ0v) is 7.21. The van der Waals surface area contributed by atoms with E-state index in [1.165, 1.54) is 0 Å². The Morgan fingerprint density at radius 2 is 1.82 bits per heavy atom. The van der Waals surface area contributed by atoms with Crippen molar-refractivity contribution in [1.29, 1.82) is 0 Å². The molecular weight excluding hydrogens is 147 g/mol. The van der Waals surface area contributed by atoms with Crippen molar-refractivity contribution in [2.45, 2.75) is 39.3 Å². The quantitative estimate of drug-likeness (QED) is 0.584.